The first-order chi connectivity index (χ1) is 9.01. The van der Waals surface area contributed by atoms with Gasteiger partial charge in [0.05, 0.1) is 10.0 Å². The molecule has 0 fully saturated rings. The third-order valence-electron chi connectivity index (χ3n) is 2.54. The highest BCUT2D eigenvalue weighted by Crippen LogP contribution is 2.25. The second-order valence-electron chi connectivity index (χ2n) is 3.96. The molecule has 4 nitrogen and oxygen atoms in total. The predicted octanol–water partition coefficient (Wildman–Crippen LogP) is 3.23. The van der Waals surface area contributed by atoms with Gasteiger partial charge < -0.3 is 4.98 Å². The Balaban J connectivity index is 2.46. The average Bonchev–Trinajstić information content (AvgIpc) is 2.74. The maximum atomic E-state index is 11.7. The van der Waals surface area contributed by atoms with Crippen LogP contribution in [-0.2, 0) is 0 Å². The van der Waals surface area contributed by atoms with Crippen LogP contribution in [0.1, 0.15) is 28.9 Å². The third kappa shape index (κ3) is 2.92. The van der Waals surface area contributed by atoms with Crippen molar-refractivity contribution in [2.24, 2.45) is 0 Å². The number of hydrogen-bond acceptors (Lipinski definition) is 4. The van der Waals surface area contributed by atoms with Gasteiger partial charge >= 0.3 is 0 Å². The summed E-state index contributed by atoms with van der Waals surface area (Å²) in [5.41, 5.74) is 0.874. The van der Waals surface area contributed by atoms with Gasteiger partial charge in [-0.3, -0.25) is 4.79 Å². The first kappa shape index (κ1) is 13.5. The number of thiophene rings is 1. The molecule has 96 valence electrons. The molecule has 2 rings (SSSR count). The van der Waals surface area contributed by atoms with Crippen molar-refractivity contribution >= 4 is 34.6 Å². The van der Waals surface area contributed by atoms with E-state index >= 15 is 0 Å². The van der Waals surface area contributed by atoms with Crippen LogP contribution in [-0.4, -0.2) is 9.97 Å². The minimum atomic E-state index is -0.415. The Morgan fingerprint density at radius 1 is 1.58 bits per heavy atom. The topological polar surface area (TPSA) is 69.5 Å². The lowest BCUT2D eigenvalue weighted by Crippen LogP contribution is -2.16. The summed E-state index contributed by atoms with van der Waals surface area (Å²) in [6, 6.07) is 5.55. The molecule has 1 N–H and O–H groups in total. The van der Waals surface area contributed by atoms with E-state index in [-0.39, 0.29) is 5.56 Å². The zero-order chi connectivity index (χ0) is 14.0. The number of aryl methyl sites for hydroxylation is 1. The summed E-state index contributed by atoms with van der Waals surface area (Å²) in [5.74, 6) is 0.464. The summed E-state index contributed by atoms with van der Waals surface area (Å²) in [4.78, 5) is 19.5. The third-order valence-corrected chi connectivity index (χ3v) is 3.72. The zero-order valence-electron chi connectivity index (χ0n) is 10.3. The van der Waals surface area contributed by atoms with Crippen molar-refractivity contribution in [2.75, 3.05) is 0 Å². The maximum Gasteiger partial charge on any atom is 0.269 e. The Bertz CT molecular complexity index is 752. The van der Waals surface area contributed by atoms with Gasteiger partial charge in [0.1, 0.15) is 17.5 Å². The molecule has 0 aliphatic heterocycles. The van der Waals surface area contributed by atoms with E-state index in [0.29, 0.717) is 15.9 Å². The van der Waals surface area contributed by atoms with Crippen LogP contribution < -0.4 is 5.56 Å². The van der Waals surface area contributed by atoms with E-state index < -0.39 is 5.56 Å². The van der Waals surface area contributed by atoms with Gasteiger partial charge in [0.15, 0.2) is 0 Å². The van der Waals surface area contributed by atoms with E-state index in [1.54, 1.807) is 6.92 Å². The standard InChI is InChI=1S/C13H10ClN3OS/c1-7(5-9-3-4-11(14)19-9)12-16-8(2)10(6-15)13(18)17-12/h3-5H,1-2H3,(H,16,17,18)/b7-5-. The number of hydrogen-bond donors (Lipinski definition) is 1. The molecule has 0 spiro atoms. The normalized spacial score (nSPS) is 11.4. The van der Waals surface area contributed by atoms with Crippen molar-refractivity contribution in [1.82, 2.24) is 9.97 Å². The second-order valence-corrected chi connectivity index (χ2v) is 5.70. The fraction of sp³-hybridized carbons (Fsp3) is 0.154. The van der Waals surface area contributed by atoms with Crippen molar-refractivity contribution in [3.05, 3.63) is 48.8 Å². The maximum absolute atomic E-state index is 11.7. The summed E-state index contributed by atoms with van der Waals surface area (Å²) >= 11 is 7.30. The molecule has 2 heterocycles. The molecule has 19 heavy (non-hydrogen) atoms. The number of H-pyrrole nitrogens is 1. The summed E-state index contributed by atoms with van der Waals surface area (Å²) in [5, 5.41) is 8.83. The molecule has 0 unspecified atom stereocenters. The van der Waals surface area contributed by atoms with Crippen LogP contribution in [0.2, 0.25) is 4.34 Å². The SMILES string of the molecule is C/C(=C/c1ccc(Cl)s1)c1nc(C)c(C#N)c(=O)[nH]1. The van der Waals surface area contributed by atoms with E-state index in [4.69, 9.17) is 16.9 Å². The van der Waals surface area contributed by atoms with Gasteiger partial charge in [-0.15, -0.1) is 11.3 Å². The highest BCUT2D eigenvalue weighted by atomic mass is 35.5. The fourth-order valence-corrected chi connectivity index (χ4v) is 2.66. The number of aromatic nitrogens is 2. The Morgan fingerprint density at radius 2 is 2.32 bits per heavy atom. The van der Waals surface area contributed by atoms with Gasteiger partial charge in [0.25, 0.3) is 5.56 Å². The van der Waals surface area contributed by atoms with Gasteiger partial charge in [-0.05, 0) is 37.6 Å². The number of rotatable bonds is 2. The van der Waals surface area contributed by atoms with Gasteiger partial charge in [-0.25, -0.2) is 4.98 Å². The number of nitriles is 1. The second kappa shape index (κ2) is 5.39. The van der Waals surface area contributed by atoms with Gasteiger partial charge in [0, 0.05) is 4.88 Å². The molecule has 0 saturated heterocycles. The molecule has 2 aromatic heterocycles. The van der Waals surface area contributed by atoms with E-state index in [0.717, 1.165) is 10.5 Å². The number of nitrogens with zero attached hydrogens (tertiary/aromatic N) is 2. The summed E-state index contributed by atoms with van der Waals surface area (Å²) in [7, 11) is 0. The largest absolute Gasteiger partial charge is 0.306 e. The van der Waals surface area contributed by atoms with Gasteiger partial charge in [-0.2, -0.15) is 5.26 Å². The number of nitrogens with one attached hydrogen (secondary N) is 1. The lowest BCUT2D eigenvalue weighted by atomic mass is 10.2. The number of halogens is 1. The van der Waals surface area contributed by atoms with E-state index in [2.05, 4.69) is 9.97 Å². The van der Waals surface area contributed by atoms with Crippen LogP contribution in [0.3, 0.4) is 0 Å². The summed E-state index contributed by atoms with van der Waals surface area (Å²) in [6.07, 6.45) is 1.89. The molecule has 0 amide bonds. The minimum absolute atomic E-state index is 0.0516. The fourth-order valence-electron chi connectivity index (χ4n) is 1.59. The highest BCUT2D eigenvalue weighted by Gasteiger charge is 2.08. The molecule has 0 bridgehead atoms. The first-order valence-electron chi connectivity index (χ1n) is 5.46. The molecule has 0 aliphatic rings. The smallest absolute Gasteiger partial charge is 0.269 e. The highest BCUT2D eigenvalue weighted by molar-refractivity contribution is 7.17. The van der Waals surface area contributed by atoms with Gasteiger partial charge in [-0.1, -0.05) is 11.6 Å². The predicted molar refractivity (Wildman–Crippen MR) is 77.2 cm³/mol. The van der Waals surface area contributed by atoms with Crippen LogP contribution in [0.15, 0.2) is 16.9 Å². The average molecular weight is 292 g/mol. The molecule has 0 radical (unpaired) electrons. The van der Waals surface area contributed by atoms with Crippen LogP contribution >= 0.6 is 22.9 Å². The molecule has 0 aromatic carbocycles. The van der Waals surface area contributed by atoms with E-state index in [1.165, 1.54) is 11.3 Å². The van der Waals surface area contributed by atoms with Crippen molar-refractivity contribution in [2.45, 2.75) is 13.8 Å². The van der Waals surface area contributed by atoms with Crippen molar-refractivity contribution < 1.29 is 0 Å². The molecule has 2 aromatic rings. The quantitative estimate of drug-likeness (QED) is 0.923. The molecule has 0 atom stereocenters. The Morgan fingerprint density at radius 3 is 2.84 bits per heavy atom. The molecule has 0 aliphatic carbocycles. The van der Waals surface area contributed by atoms with E-state index in [1.807, 2.05) is 31.2 Å². The molecular weight excluding hydrogens is 282 g/mol. The van der Waals surface area contributed by atoms with Crippen molar-refractivity contribution in [3.8, 4) is 6.07 Å². The Hall–Kier alpha value is -1.90. The lowest BCUT2D eigenvalue weighted by Gasteiger charge is -2.02. The summed E-state index contributed by atoms with van der Waals surface area (Å²) in [6.45, 7) is 3.49. The van der Waals surface area contributed by atoms with E-state index in [9.17, 15) is 4.79 Å². The zero-order valence-corrected chi connectivity index (χ0v) is 11.9. The van der Waals surface area contributed by atoms with Crippen LogP contribution in [0.25, 0.3) is 11.6 Å². The Kier molecular flexibility index (Phi) is 3.84. The number of aromatic amines is 1. The molecular formula is C13H10ClN3OS. The van der Waals surface area contributed by atoms with Crippen LogP contribution in [0, 0.1) is 18.3 Å². The van der Waals surface area contributed by atoms with Gasteiger partial charge in [0.2, 0.25) is 0 Å². The Labute approximate surface area is 119 Å². The first-order valence-corrected chi connectivity index (χ1v) is 6.65. The van der Waals surface area contributed by atoms with Crippen molar-refractivity contribution in [1.29, 1.82) is 5.26 Å². The lowest BCUT2D eigenvalue weighted by molar-refractivity contribution is 1.01. The summed E-state index contributed by atoms with van der Waals surface area (Å²) < 4.78 is 0.705. The number of allylic oxidation sites excluding steroid dienone is 1. The molecule has 0 saturated carbocycles. The van der Waals surface area contributed by atoms with Crippen LogP contribution in [0.5, 0.6) is 0 Å². The monoisotopic (exact) mass is 291 g/mol. The van der Waals surface area contributed by atoms with Crippen molar-refractivity contribution in [3.63, 3.8) is 0 Å². The minimum Gasteiger partial charge on any atom is -0.306 e. The van der Waals surface area contributed by atoms with Crippen LogP contribution in [0.4, 0.5) is 0 Å². The molecule has 6 heteroatoms.